The quantitative estimate of drug-likeness (QED) is 0.444. The topological polar surface area (TPSA) is 53.1 Å². The third kappa shape index (κ3) is 3.38. The second kappa shape index (κ2) is 7.81. The van der Waals surface area contributed by atoms with Crippen LogP contribution < -0.4 is 0 Å². The van der Waals surface area contributed by atoms with Crippen LogP contribution in [0.2, 0.25) is 0 Å². The van der Waals surface area contributed by atoms with Crippen molar-refractivity contribution in [3.63, 3.8) is 0 Å². The molecule has 28 heavy (non-hydrogen) atoms. The minimum absolute atomic E-state index is 0. The first-order chi connectivity index (χ1) is 13.1. The Morgan fingerprint density at radius 2 is 1.71 bits per heavy atom. The first-order valence-electron chi connectivity index (χ1n) is 8.34. The van der Waals surface area contributed by atoms with Gasteiger partial charge in [-0.3, -0.25) is 0 Å². The molecule has 0 amide bonds. The zero-order valence-electron chi connectivity index (χ0n) is 14.2. The lowest BCUT2D eigenvalue weighted by Crippen LogP contribution is -2.03. The molecular weight excluding hydrogens is 353 g/mol. The number of H-pyrrole nitrogens is 1. The number of fused-ring (bicyclic) bond motifs is 1. The summed E-state index contributed by atoms with van der Waals surface area (Å²) in [4.78, 5) is 14.6. The van der Waals surface area contributed by atoms with Crippen molar-refractivity contribution in [3.05, 3.63) is 95.4 Å². The number of aromatic carboxylic acids is 1. The number of rotatable bonds is 2. The normalized spacial score (nSPS) is 10.0. The molecule has 0 aliphatic heterocycles. The van der Waals surface area contributed by atoms with Crippen LogP contribution in [-0.2, 0) is 0 Å². The molecule has 0 aliphatic carbocycles. The molecule has 0 unspecified atom stereocenters. The lowest BCUT2D eigenvalue weighted by atomic mass is 9.93. The Morgan fingerprint density at radius 1 is 0.929 bits per heavy atom. The first kappa shape index (κ1) is 18.9. The van der Waals surface area contributed by atoms with Gasteiger partial charge >= 0.3 is 5.97 Å². The van der Waals surface area contributed by atoms with Crippen molar-refractivity contribution in [2.24, 2.45) is 0 Å². The average Bonchev–Trinajstić information content (AvgIpc) is 3.17. The summed E-state index contributed by atoms with van der Waals surface area (Å²) in [6.07, 6.45) is 1.65. The summed E-state index contributed by atoms with van der Waals surface area (Å²) in [6.45, 7) is 0. The van der Waals surface area contributed by atoms with Crippen LogP contribution in [0.25, 0.3) is 22.0 Å². The van der Waals surface area contributed by atoms with Crippen molar-refractivity contribution in [1.82, 2.24) is 4.98 Å². The SMILES string of the molecule is C.O=C(O)c1cccc(C#Cc2ccccc2)c1-c1ccc2cc[nH]c2c1F. The molecule has 138 valence electrons. The van der Waals surface area contributed by atoms with Crippen LogP contribution in [0, 0.1) is 17.7 Å². The predicted molar refractivity (Wildman–Crippen MR) is 110 cm³/mol. The molecule has 3 aromatic carbocycles. The van der Waals surface area contributed by atoms with Gasteiger partial charge in [0.25, 0.3) is 0 Å². The van der Waals surface area contributed by atoms with E-state index in [-0.39, 0.29) is 24.1 Å². The minimum Gasteiger partial charge on any atom is -0.478 e. The highest BCUT2D eigenvalue weighted by Crippen LogP contribution is 2.33. The summed E-state index contributed by atoms with van der Waals surface area (Å²) >= 11 is 0. The van der Waals surface area contributed by atoms with E-state index in [0.29, 0.717) is 11.1 Å². The molecular formula is C24H18FNO2. The Kier molecular flexibility index (Phi) is 5.28. The van der Waals surface area contributed by atoms with Crippen molar-refractivity contribution in [2.75, 3.05) is 0 Å². The van der Waals surface area contributed by atoms with Crippen LogP contribution in [-0.4, -0.2) is 16.1 Å². The van der Waals surface area contributed by atoms with Gasteiger partial charge in [-0.15, -0.1) is 0 Å². The molecule has 0 saturated carbocycles. The van der Waals surface area contributed by atoms with Crippen LogP contribution in [0.5, 0.6) is 0 Å². The maximum atomic E-state index is 15.1. The summed E-state index contributed by atoms with van der Waals surface area (Å²) in [7, 11) is 0. The summed E-state index contributed by atoms with van der Waals surface area (Å²) in [5.41, 5.74) is 2.10. The summed E-state index contributed by atoms with van der Waals surface area (Å²) in [6, 6.07) is 19.3. The van der Waals surface area contributed by atoms with Crippen molar-refractivity contribution in [3.8, 4) is 23.0 Å². The predicted octanol–water partition coefficient (Wildman–Crippen LogP) is 5.71. The first-order valence-corrected chi connectivity index (χ1v) is 8.34. The van der Waals surface area contributed by atoms with Crippen LogP contribution in [0.4, 0.5) is 4.39 Å². The zero-order valence-corrected chi connectivity index (χ0v) is 14.2. The molecule has 1 heterocycles. The van der Waals surface area contributed by atoms with E-state index in [0.717, 1.165) is 10.9 Å². The van der Waals surface area contributed by atoms with E-state index in [9.17, 15) is 9.90 Å². The fourth-order valence-corrected chi connectivity index (χ4v) is 3.07. The summed E-state index contributed by atoms with van der Waals surface area (Å²) in [5, 5.41) is 10.3. The van der Waals surface area contributed by atoms with Crippen molar-refractivity contribution in [1.29, 1.82) is 0 Å². The molecule has 2 N–H and O–H groups in total. The van der Waals surface area contributed by atoms with E-state index in [2.05, 4.69) is 16.8 Å². The number of nitrogens with one attached hydrogen (secondary N) is 1. The highest BCUT2D eigenvalue weighted by Gasteiger charge is 2.19. The second-order valence-electron chi connectivity index (χ2n) is 6.02. The van der Waals surface area contributed by atoms with Crippen LogP contribution in [0.3, 0.4) is 0 Å². The maximum absolute atomic E-state index is 15.1. The largest absolute Gasteiger partial charge is 0.478 e. The Balaban J connectivity index is 0.00000225. The Bertz CT molecular complexity index is 1210. The molecule has 3 nitrogen and oxygen atoms in total. The number of aromatic nitrogens is 1. The second-order valence-corrected chi connectivity index (χ2v) is 6.02. The van der Waals surface area contributed by atoms with E-state index in [1.54, 1.807) is 36.5 Å². The highest BCUT2D eigenvalue weighted by molar-refractivity contribution is 5.99. The third-order valence-corrected chi connectivity index (χ3v) is 4.34. The number of carboxylic acids is 1. The van der Waals surface area contributed by atoms with E-state index >= 15 is 4.39 Å². The number of aromatic amines is 1. The fourth-order valence-electron chi connectivity index (χ4n) is 3.07. The van der Waals surface area contributed by atoms with E-state index in [4.69, 9.17) is 0 Å². The van der Waals surface area contributed by atoms with Crippen molar-refractivity contribution in [2.45, 2.75) is 7.43 Å². The van der Waals surface area contributed by atoms with Crippen LogP contribution in [0.15, 0.2) is 72.9 Å². The molecule has 0 bridgehead atoms. The molecule has 4 aromatic rings. The monoisotopic (exact) mass is 371 g/mol. The number of hydrogen-bond donors (Lipinski definition) is 2. The number of carboxylic acid groups (broad SMARTS) is 1. The fraction of sp³-hybridized carbons (Fsp3) is 0.0417. The molecule has 4 heteroatoms. The molecule has 0 aliphatic rings. The van der Waals surface area contributed by atoms with Gasteiger partial charge in [-0.1, -0.05) is 55.7 Å². The van der Waals surface area contributed by atoms with Gasteiger partial charge in [-0.2, -0.15) is 0 Å². The molecule has 0 spiro atoms. The lowest BCUT2D eigenvalue weighted by molar-refractivity contribution is 0.0697. The number of halogens is 1. The zero-order chi connectivity index (χ0) is 18.8. The maximum Gasteiger partial charge on any atom is 0.336 e. The highest BCUT2D eigenvalue weighted by atomic mass is 19.1. The number of hydrogen-bond acceptors (Lipinski definition) is 1. The lowest BCUT2D eigenvalue weighted by Gasteiger charge is -2.11. The molecule has 1 aromatic heterocycles. The molecule has 0 saturated heterocycles. The van der Waals surface area contributed by atoms with Gasteiger partial charge in [0.2, 0.25) is 0 Å². The van der Waals surface area contributed by atoms with E-state index < -0.39 is 11.8 Å². The average molecular weight is 371 g/mol. The standard InChI is InChI=1S/C23H14FNO2.CH4/c24-21-18(12-11-17-13-14-25-22(17)21)20-16(7-4-8-19(20)23(26)27)10-9-15-5-2-1-3-6-15;/h1-8,11-14,25H,(H,26,27);1H4. The summed E-state index contributed by atoms with van der Waals surface area (Å²) < 4.78 is 15.1. The van der Waals surface area contributed by atoms with Crippen molar-refractivity contribution < 1.29 is 14.3 Å². The summed E-state index contributed by atoms with van der Waals surface area (Å²) in [5.74, 6) is 4.40. The van der Waals surface area contributed by atoms with Gasteiger partial charge in [0.05, 0.1) is 11.1 Å². The molecule has 0 fully saturated rings. The number of carbonyl (C=O) groups is 1. The minimum atomic E-state index is -1.13. The Hall–Kier alpha value is -3.84. The van der Waals surface area contributed by atoms with Gasteiger partial charge in [-0.25, -0.2) is 9.18 Å². The van der Waals surface area contributed by atoms with Gasteiger partial charge in [-0.05, 0) is 30.3 Å². The molecule has 0 radical (unpaired) electrons. The van der Waals surface area contributed by atoms with Crippen LogP contribution >= 0.6 is 0 Å². The smallest absolute Gasteiger partial charge is 0.336 e. The van der Waals surface area contributed by atoms with Gasteiger partial charge in [0.1, 0.15) is 0 Å². The molecule has 4 rings (SSSR count). The third-order valence-electron chi connectivity index (χ3n) is 4.34. The van der Waals surface area contributed by atoms with Crippen molar-refractivity contribution >= 4 is 16.9 Å². The van der Waals surface area contributed by atoms with E-state index in [1.165, 1.54) is 6.07 Å². The van der Waals surface area contributed by atoms with Gasteiger partial charge < -0.3 is 10.1 Å². The van der Waals surface area contributed by atoms with Gasteiger partial charge in [0, 0.05) is 33.8 Å². The Morgan fingerprint density at radius 3 is 2.46 bits per heavy atom. The van der Waals surface area contributed by atoms with Crippen LogP contribution in [0.1, 0.15) is 28.9 Å². The molecule has 0 atom stereocenters. The van der Waals surface area contributed by atoms with E-state index in [1.807, 2.05) is 30.3 Å². The van der Waals surface area contributed by atoms with Gasteiger partial charge in [0.15, 0.2) is 5.82 Å². The Labute approximate surface area is 162 Å². The number of benzene rings is 3.